The van der Waals surface area contributed by atoms with Crippen LogP contribution in [0.15, 0.2) is 59.7 Å². The summed E-state index contributed by atoms with van der Waals surface area (Å²) in [6.07, 6.45) is 3.61. The molecule has 0 radical (unpaired) electrons. The van der Waals surface area contributed by atoms with Crippen LogP contribution in [-0.2, 0) is 17.8 Å². The van der Waals surface area contributed by atoms with Crippen molar-refractivity contribution >= 4 is 11.6 Å². The van der Waals surface area contributed by atoms with Crippen molar-refractivity contribution in [2.75, 3.05) is 14.2 Å². The van der Waals surface area contributed by atoms with Crippen molar-refractivity contribution in [2.45, 2.75) is 19.4 Å². The number of hydrogen-bond acceptors (Lipinski definition) is 6. The normalized spacial score (nSPS) is 10.9. The van der Waals surface area contributed by atoms with Gasteiger partial charge in [0.25, 0.3) is 0 Å². The van der Waals surface area contributed by atoms with E-state index in [9.17, 15) is 14.0 Å². The number of rotatable bonds is 8. The number of amides is 1. The largest absolute Gasteiger partial charge is 0.493 e. The van der Waals surface area contributed by atoms with Crippen LogP contribution in [0.25, 0.3) is 11.3 Å². The maximum absolute atomic E-state index is 13.5. The molecule has 0 spiro atoms. The smallest absolute Gasteiger partial charge is 0.300 e. The third-order valence-corrected chi connectivity index (χ3v) is 5.14. The van der Waals surface area contributed by atoms with Crippen molar-refractivity contribution in [2.24, 2.45) is 0 Å². The van der Waals surface area contributed by atoms with E-state index in [2.05, 4.69) is 15.5 Å². The lowest BCUT2D eigenvalue weighted by molar-refractivity contribution is -0.121. The van der Waals surface area contributed by atoms with E-state index >= 15 is 0 Å². The molecular formula is C23H22FN5O4. The van der Waals surface area contributed by atoms with Gasteiger partial charge in [0.2, 0.25) is 11.6 Å². The van der Waals surface area contributed by atoms with Crippen molar-refractivity contribution in [3.8, 4) is 17.2 Å². The molecule has 2 aromatic carbocycles. The Balaban J connectivity index is 1.42. The van der Waals surface area contributed by atoms with Crippen LogP contribution in [0.1, 0.15) is 17.8 Å². The van der Waals surface area contributed by atoms with E-state index in [0.29, 0.717) is 36.0 Å². The van der Waals surface area contributed by atoms with Crippen molar-refractivity contribution in [1.82, 2.24) is 24.5 Å². The van der Waals surface area contributed by atoms with Gasteiger partial charge in [0.05, 0.1) is 19.9 Å². The molecule has 0 fully saturated rings. The van der Waals surface area contributed by atoms with Crippen molar-refractivity contribution in [3.63, 3.8) is 0 Å². The number of methoxy groups -OCH3 is 2. The fourth-order valence-corrected chi connectivity index (χ4v) is 3.44. The molecule has 4 aromatic rings. The van der Waals surface area contributed by atoms with E-state index in [1.807, 2.05) is 6.07 Å². The number of halogens is 1. The highest BCUT2D eigenvalue weighted by Crippen LogP contribution is 2.27. The molecule has 10 heteroatoms. The maximum Gasteiger partial charge on any atom is 0.300 e. The van der Waals surface area contributed by atoms with Crippen LogP contribution in [0, 0.1) is 5.82 Å². The first-order chi connectivity index (χ1) is 16.0. The van der Waals surface area contributed by atoms with Gasteiger partial charge in [0.1, 0.15) is 11.6 Å². The molecule has 0 saturated carbocycles. The minimum Gasteiger partial charge on any atom is -0.493 e. The lowest BCUT2D eigenvalue weighted by atomic mass is 10.2. The summed E-state index contributed by atoms with van der Waals surface area (Å²) >= 11 is 0. The summed E-state index contributed by atoms with van der Waals surface area (Å²) in [5.41, 5.74) is 0.927. The number of nitrogens with zero attached hydrogens (tertiary/aromatic N) is 4. The number of carbonyl (C=O) groups excluding carboxylic acids is 1. The van der Waals surface area contributed by atoms with Gasteiger partial charge in [-0.1, -0.05) is 12.1 Å². The van der Waals surface area contributed by atoms with E-state index in [1.165, 1.54) is 29.0 Å². The Morgan fingerprint density at radius 2 is 1.88 bits per heavy atom. The molecule has 2 aromatic heterocycles. The third-order valence-electron chi connectivity index (χ3n) is 5.14. The monoisotopic (exact) mass is 451 g/mol. The SMILES string of the molecule is COc1ccc(CNC(=O)CCc2nnc3c(=O)n(-c4cccc(F)c4)ccn23)cc1OC. The summed E-state index contributed by atoms with van der Waals surface area (Å²) in [5, 5.41) is 10.9. The van der Waals surface area contributed by atoms with E-state index in [1.54, 1.807) is 43.0 Å². The van der Waals surface area contributed by atoms with Crippen LogP contribution in [0.2, 0.25) is 0 Å². The minimum absolute atomic E-state index is 0.0995. The summed E-state index contributed by atoms with van der Waals surface area (Å²) in [6.45, 7) is 0.331. The Morgan fingerprint density at radius 1 is 1.06 bits per heavy atom. The molecule has 2 heterocycles. The standard InChI is InChI=1S/C23H22FN5O4/c1-32-18-7-6-15(12-19(18)33-2)14-25-21(30)9-8-20-26-27-22-23(31)28(10-11-29(20)22)17-5-3-4-16(24)13-17/h3-7,10-13H,8-9,14H2,1-2H3,(H,25,30). The molecule has 1 N–H and O–H groups in total. The molecule has 0 bridgehead atoms. The Labute approximate surface area is 188 Å². The van der Waals surface area contributed by atoms with Crippen LogP contribution in [0.5, 0.6) is 11.5 Å². The van der Waals surface area contributed by atoms with E-state index < -0.39 is 11.4 Å². The number of aryl methyl sites for hydroxylation is 1. The molecule has 0 saturated heterocycles. The lowest BCUT2D eigenvalue weighted by Gasteiger charge is -2.10. The van der Waals surface area contributed by atoms with Gasteiger partial charge in [0.15, 0.2) is 11.5 Å². The van der Waals surface area contributed by atoms with Crippen LogP contribution in [0.3, 0.4) is 0 Å². The highest BCUT2D eigenvalue weighted by Gasteiger charge is 2.13. The predicted octanol–water partition coefficient (Wildman–Crippen LogP) is 2.29. The molecule has 4 rings (SSSR count). The number of benzene rings is 2. The Hall–Kier alpha value is -4.21. The van der Waals surface area contributed by atoms with Crippen LogP contribution in [0.4, 0.5) is 4.39 Å². The van der Waals surface area contributed by atoms with Gasteiger partial charge in [-0.3, -0.25) is 18.6 Å². The van der Waals surface area contributed by atoms with Crippen molar-refractivity contribution in [3.05, 3.63) is 82.4 Å². The van der Waals surface area contributed by atoms with Crippen molar-refractivity contribution < 1.29 is 18.7 Å². The number of aromatic nitrogens is 4. The minimum atomic E-state index is -0.444. The predicted molar refractivity (Wildman–Crippen MR) is 118 cm³/mol. The van der Waals surface area contributed by atoms with Crippen LogP contribution in [-0.4, -0.2) is 39.3 Å². The van der Waals surface area contributed by atoms with Crippen LogP contribution < -0.4 is 20.3 Å². The van der Waals surface area contributed by atoms with Crippen LogP contribution >= 0.6 is 0 Å². The number of nitrogens with one attached hydrogen (secondary N) is 1. The highest BCUT2D eigenvalue weighted by atomic mass is 19.1. The quantitative estimate of drug-likeness (QED) is 0.441. The molecule has 9 nitrogen and oxygen atoms in total. The number of fused-ring (bicyclic) bond motifs is 1. The summed E-state index contributed by atoms with van der Waals surface area (Å²) in [4.78, 5) is 25.1. The van der Waals surface area contributed by atoms with E-state index in [4.69, 9.17) is 9.47 Å². The second kappa shape index (κ2) is 9.51. The second-order valence-electron chi connectivity index (χ2n) is 7.23. The summed E-state index contributed by atoms with van der Waals surface area (Å²) in [6, 6.07) is 11.1. The lowest BCUT2D eigenvalue weighted by Crippen LogP contribution is -2.23. The highest BCUT2D eigenvalue weighted by molar-refractivity contribution is 5.76. The zero-order valence-electron chi connectivity index (χ0n) is 18.1. The van der Waals surface area contributed by atoms with E-state index in [0.717, 1.165) is 5.56 Å². The number of hydrogen-bond donors (Lipinski definition) is 1. The molecule has 0 unspecified atom stereocenters. The second-order valence-corrected chi connectivity index (χ2v) is 7.23. The molecular weight excluding hydrogens is 429 g/mol. The molecule has 33 heavy (non-hydrogen) atoms. The van der Waals surface area contributed by atoms with Gasteiger partial charge in [0, 0.05) is 31.8 Å². The fraction of sp³-hybridized carbons (Fsp3) is 0.217. The van der Waals surface area contributed by atoms with E-state index in [-0.39, 0.29) is 18.0 Å². The number of carbonyl (C=O) groups is 1. The van der Waals surface area contributed by atoms with Crippen molar-refractivity contribution in [1.29, 1.82) is 0 Å². The fourth-order valence-electron chi connectivity index (χ4n) is 3.44. The maximum atomic E-state index is 13.5. The summed E-state index contributed by atoms with van der Waals surface area (Å²) in [5.74, 6) is 1.07. The van der Waals surface area contributed by atoms with Gasteiger partial charge < -0.3 is 14.8 Å². The average Bonchev–Trinajstić information content (AvgIpc) is 3.25. The zero-order chi connectivity index (χ0) is 23.4. The summed E-state index contributed by atoms with van der Waals surface area (Å²) in [7, 11) is 3.11. The summed E-state index contributed by atoms with van der Waals surface area (Å²) < 4.78 is 26.8. The molecule has 0 atom stereocenters. The molecule has 170 valence electrons. The Morgan fingerprint density at radius 3 is 2.64 bits per heavy atom. The molecule has 0 aliphatic heterocycles. The first-order valence-electron chi connectivity index (χ1n) is 10.2. The first kappa shape index (κ1) is 22.0. The van der Waals surface area contributed by atoms with Gasteiger partial charge in [-0.05, 0) is 35.9 Å². The average molecular weight is 451 g/mol. The molecule has 0 aliphatic carbocycles. The molecule has 1 amide bonds. The third kappa shape index (κ3) is 4.69. The Kier molecular flexibility index (Phi) is 6.34. The van der Waals surface area contributed by atoms with Gasteiger partial charge in [-0.15, -0.1) is 10.2 Å². The molecule has 0 aliphatic rings. The first-order valence-corrected chi connectivity index (χ1v) is 10.2. The van der Waals surface area contributed by atoms with Gasteiger partial charge in [-0.25, -0.2) is 4.39 Å². The topological polar surface area (TPSA) is 99.8 Å². The Bertz CT molecular complexity index is 1360. The van der Waals surface area contributed by atoms with Gasteiger partial charge >= 0.3 is 5.56 Å². The van der Waals surface area contributed by atoms with Gasteiger partial charge in [-0.2, -0.15) is 0 Å². The number of ether oxygens (including phenoxy) is 2. The zero-order valence-corrected chi connectivity index (χ0v) is 18.1.